The number of amides is 1. The zero-order valence-corrected chi connectivity index (χ0v) is 19.9. The standard InChI is InChI=1S/C24H24Cl2N2O3S/c1-32(30,31)28(17-21-22(25)10-5-11-23(21)26)20-14-12-19(13-15-20)24(29)27-16-6-9-18-7-3-2-4-8-18/h2-5,7-8,10-15H,6,9,16-17H2,1H3,(H,27,29). The van der Waals surface area contributed by atoms with Crippen molar-refractivity contribution in [1.82, 2.24) is 5.32 Å². The van der Waals surface area contributed by atoms with Crippen LogP contribution in [-0.2, 0) is 23.0 Å². The normalized spacial score (nSPS) is 11.2. The highest BCUT2D eigenvalue weighted by atomic mass is 35.5. The van der Waals surface area contributed by atoms with E-state index in [9.17, 15) is 13.2 Å². The van der Waals surface area contributed by atoms with Crippen molar-refractivity contribution in [3.63, 3.8) is 0 Å². The fraction of sp³-hybridized carbons (Fsp3) is 0.208. The van der Waals surface area contributed by atoms with E-state index in [0.29, 0.717) is 33.4 Å². The molecule has 3 aromatic carbocycles. The summed E-state index contributed by atoms with van der Waals surface area (Å²) in [5, 5.41) is 3.67. The maximum atomic E-state index is 12.4. The van der Waals surface area contributed by atoms with E-state index in [1.165, 1.54) is 9.87 Å². The van der Waals surface area contributed by atoms with Crippen LogP contribution in [0.3, 0.4) is 0 Å². The summed E-state index contributed by atoms with van der Waals surface area (Å²) in [4.78, 5) is 12.4. The molecule has 1 N–H and O–H groups in total. The van der Waals surface area contributed by atoms with Crippen LogP contribution in [-0.4, -0.2) is 27.1 Å². The van der Waals surface area contributed by atoms with Gasteiger partial charge in [-0.25, -0.2) is 8.42 Å². The molecule has 0 atom stereocenters. The van der Waals surface area contributed by atoms with Gasteiger partial charge < -0.3 is 5.32 Å². The van der Waals surface area contributed by atoms with Gasteiger partial charge in [0.1, 0.15) is 0 Å². The molecule has 1 amide bonds. The van der Waals surface area contributed by atoms with E-state index < -0.39 is 10.0 Å². The zero-order chi connectivity index (χ0) is 23.1. The third kappa shape index (κ3) is 6.48. The van der Waals surface area contributed by atoms with Gasteiger partial charge in [-0.05, 0) is 54.8 Å². The van der Waals surface area contributed by atoms with Gasteiger partial charge in [0.25, 0.3) is 5.91 Å². The minimum atomic E-state index is -3.61. The lowest BCUT2D eigenvalue weighted by Crippen LogP contribution is -2.30. The molecule has 5 nitrogen and oxygen atoms in total. The highest BCUT2D eigenvalue weighted by molar-refractivity contribution is 7.92. The van der Waals surface area contributed by atoms with Crippen LogP contribution >= 0.6 is 23.2 Å². The summed E-state index contributed by atoms with van der Waals surface area (Å²) < 4.78 is 26.1. The van der Waals surface area contributed by atoms with Crippen molar-refractivity contribution in [3.8, 4) is 0 Å². The Balaban J connectivity index is 1.65. The predicted octanol–water partition coefficient (Wildman–Crippen LogP) is 5.32. The topological polar surface area (TPSA) is 66.5 Å². The molecule has 8 heteroatoms. The fourth-order valence-corrected chi connectivity index (χ4v) is 4.63. The van der Waals surface area contributed by atoms with Crippen molar-refractivity contribution < 1.29 is 13.2 Å². The molecule has 0 unspecified atom stereocenters. The van der Waals surface area contributed by atoms with Gasteiger partial charge in [0.05, 0.1) is 18.5 Å². The van der Waals surface area contributed by atoms with Gasteiger partial charge in [-0.1, -0.05) is 59.6 Å². The summed E-state index contributed by atoms with van der Waals surface area (Å²) >= 11 is 12.4. The zero-order valence-electron chi connectivity index (χ0n) is 17.6. The second-order valence-electron chi connectivity index (χ2n) is 7.36. The number of hydrogen-bond acceptors (Lipinski definition) is 3. The van der Waals surface area contributed by atoms with Crippen LogP contribution in [0, 0.1) is 0 Å². The first kappa shape index (κ1) is 24.1. The Kier molecular flexibility index (Phi) is 8.18. The van der Waals surface area contributed by atoms with Crippen LogP contribution in [0.25, 0.3) is 0 Å². The molecule has 168 valence electrons. The Hall–Kier alpha value is -2.54. The molecule has 0 fully saturated rings. The SMILES string of the molecule is CS(=O)(=O)N(Cc1c(Cl)cccc1Cl)c1ccc(C(=O)NCCCc2ccccc2)cc1. The van der Waals surface area contributed by atoms with Gasteiger partial charge in [-0.15, -0.1) is 0 Å². The highest BCUT2D eigenvalue weighted by Gasteiger charge is 2.21. The number of nitrogens with zero attached hydrogens (tertiary/aromatic N) is 1. The number of halogens is 2. The molecule has 0 radical (unpaired) electrons. The number of benzene rings is 3. The van der Waals surface area contributed by atoms with E-state index >= 15 is 0 Å². The van der Waals surface area contributed by atoms with Crippen LogP contribution in [0.1, 0.15) is 27.9 Å². The number of nitrogens with one attached hydrogen (secondary N) is 1. The summed E-state index contributed by atoms with van der Waals surface area (Å²) in [5.74, 6) is -0.204. The lowest BCUT2D eigenvalue weighted by atomic mass is 10.1. The molecule has 3 rings (SSSR count). The highest BCUT2D eigenvalue weighted by Crippen LogP contribution is 2.29. The van der Waals surface area contributed by atoms with E-state index in [-0.39, 0.29) is 12.5 Å². The molecule has 0 aliphatic rings. The Labute approximate surface area is 199 Å². The van der Waals surface area contributed by atoms with Crippen LogP contribution < -0.4 is 9.62 Å². The molecule has 3 aromatic rings. The summed E-state index contributed by atoms with van der Waals surface area (Å²) in [7, 11) is -3.61. The summed E-state index contributed by atoms with van der Waals surface area (Å²) in [5.41, 5.74) is 2.62. The van der Waals surface area contributed by atoms with E-state index in [4.69, 9.17) is 23.2 Å². The summed E-state index contributed by atoms with van der Waals surface area (Å²) in [6.07, 6.45) is 2.83. The van der Waals surface area contributed by atoms with Crippen molar-refractivity contribution in [2.24, 2.45) is 0 Å². The maximum absolute atomic E-state index is 12.4. The van der Waals surface area contributed by atoms with Gasteiger partial charge in [0.15, 0.2) is 0 Å². The first-order chi connectivity index (χ1) is 15.3. The average molecular weight is 491 g/mol. The van der Waals surface area contributed by atoms with Crippen LogP contribution in [0.4, 0.5) is 5.69 Å². The van der Waals surface area contributed by atoms with Gasteiger partial charge in [-0.3, -0.25) is 9.10 Å². The monoisotopic (exact) mass is 490 g/mol. The largest absolute Gasteiger partial charge is 0.352 e. The molecule has 0 heterocycles. The van der Waals surface area contributed by atoms with E-state index in [1.807, 2.05) is 18.2 Å². The van der Waals surface area contributed by atoms with Gasteiger partial charge >= 0.3 is 0 Å². The minimum absolute atomic E-state index is 0.0115. The lowest BCUT2D eigenvalue weighted by molar-refractivity contribution is 0.0953. The third-order valence-corrected chi connectivity index (χ3v) is 6.80. The first-order valence-corrected chi connectivity index (χ1v) is 12.7. The van der Waals surface area contributed by atoms with Gasteiger partial charge in [0.2, 0.25) is 10.0 Å². The van der Waals surface area contributed by atoms with E-state index in [0.717, 1.165) is 19.1 Å². The fourth-order valence-electron chi connectivity index (χ4n) is 3.25. The third-order valence-electron chi connectivity index (χ3n) is 4.95. The number of carbonyl (C=O) groups is 1. The Morgan fingerprint density at radius 2 is 1.53 bits per heavy atom. The number of hydrogen-bond donors (Lipinski definition) is 1. The summed E-state index contributed by atoms with van der Waals surface area (Å²) in [6, 6.07) is 21.5. The second kappa shape index (κ2) is 10.9. The Morgan fingerprint density at radius 1 is 0.906 bits per heavy atom. The van der Waals surface area contributed by atoms with Crippen LogP contribution in [0.5, 0.6) is 0 Å². The predicted molar refractivity (Wildman–Crippen MR) is 131 cm³/mol. The molecular formula is C24H24Cl2N2O3S. The number of carbonyl (C=O) groups excluding carboxylic acids is 1. The molecule has 0 saturated heterocycles. The van der Waals surface area contributed by atoms with E-state index in [2.05, 4.69) is 17.4 Å². The Bertz CT molecular complexity index is 1150. The molecule has 0 aliphatic heterocycles. The van der Waals surface area contributed by atoms with Crippen molar-refractivity contribution in [1.29, 1.82) is 0 Å². The van der Waals surface area contributed by atoms with Crippen molar-refractivity contribution >= 4 is 44.8 Å². The molecule has 32 heavy (non-hydrogen) atoms. The lowest BCUT2D eigenvalue weighted by Gasteiger charge is -2.23. The quantitative estimate of drug-likeness (QED) is 0.412. The molecule has 0 spiro atoms. The number of anilines is 1. The van der Waals surface area contributed by atoms with Crippen molar-refractivity contribution in [2.45, 2.75) is 19.4 Å². The Morgan fingerprint density at radius 3 is 2.12 bits per heavy atom. The van der Waals surface area contributed by atoms with Gasteiger partial charge in [0, 0.05) is 27.7 Å². The first-order valence-electron chi connectivity index (χ1n) is 10.1. The second-order valence-corrected chi connectivity index (χ2v) is 10.1. The van der Waals surface area contributed by atoms with Crippen LogP contribution in [0.2, 0.25) is 10.0 Å². The number of aryl methyl sites for hydroxylation is 1. The average Bonchev–Trinajstić information content (AvgIpc) is 2.76. The van der Waals surface area contributed by atoms with Crippen LogP contribution in [0.15, 0.2) is 72.8 Å². The molecule has 0 saturated carbocycles. The van der Waals surface area contributed by atoms with Gasteiger partial charge in [-0.2, -0.15) is 0 Å². The summed E-state index contributed by atoms with van der Waals surface area (Å²) in [6.45, 7) is 0.540. The van der Waals surface area contributed by atoms with Crippen molar-refractivity contribution in [3.05, 3.63) is 99.5 Å². The number of sulfonamides is 1. The van der Waals surface area contributed by atoms with Crippen molar-refractivity contribution in [2.75, 3.05) is 17.1 Å². The van der Waals surface area contributed by atoms with E-state index in [1.54, 1.807) is 42.5 Å². The maximum Gasteiger partial charge on any atom is 0.251 e. The molecule has 0 aromatic heterocycles. The molecular weight excluding hydrogens is 467 g/mol. The minimum Gasteiger partial charge on any atom is -0.352 e. The molecule has 0 bridgehead atoms. The number of rotatable bonds is 9. The molecule has 0 aliphatic carbocycles. The smallest absolute Gasteiger partial charge is 0.251 e.